The summed E-state index contributed by atoms with van der Waals surface area (Å²) in [6.07, 6.45) is 0. The summed E-state index contributed by atoms with van der Waals surface area (Å²) in [7, 11) is 3.43. The van der Waals surface area contributed by atoms with Crippen molar-refractivity contribution in [1.82, 2.24) is 15.1 Å². The fraction of sp³-hybridized carbons (Fsp3) is 0.286. The van der Waals surface area contributed by atoms with Crippen LogP contribution in [0.3, 0.4) is 0 Å². The minimum atomic E-state index is -0.166. The number of benzene rings is 1. The van der Waals surface area contributed by atoms with Crippen molar-refractivity contribution in [3.05, 3.63) is 47.3 Å². The summed E-state index contributed by atoms with van der Waals surface area (Å²) in [5.41, 5.74) is 2.42. The highest BCUT2D eigenvalue weighted by atomic mass is 16.5. The van der Waals surface area contributed by atoms with Gasteiger partial charge in [-0.2, -0.15) is 5.10 Å². The molecule has 0 aliphatic carbocycles. The van der Waals surface area contributed by atoms with Gasteiger partial charge in [0.05, 0.1) is 24.9 Å². The summed E-state index contributed by atoms with van der Waals surface area (Å²) in [6, 6.07) is 9.08. The predicted octanol–water partition coefficient (Wildman–Crippen LogP) is 1.67. The lowest BCUT2D eigenvalue weighted by atomic mass is 10.2. The number of aromatic nitrogens is 2. The normalized spacial score (nSPS) is 10.3. The van der Waals surface area contributed by atoms with Crippen LogP contribution in [0, 0.1) is 6.92 Å². The van der Waals surface area contributed by atoms with Crippen LogP contribution in [0.5, 0.6) is 5.75 Å². The summed E-state index contributed by atoms with van der Waals surface area (Å²) in [5.74, 6) is 0.401. The van der Waals surface area contributed by atoms with E-state index >= 15 is 0 Å². The molecule has 0 bridgehead atoms. The number of nitrogens with one attached hydrogen (secondary N) is 1. The third kappa shape index (κ3) is 2.93. The summed E-state index contributed by atoms with van der Waals surface area (Å²) >= 11 is 0. The first-order chi connectivity index (χ1) is 9.11. The van der Waals surface area contributed by atoms with Gasteiger partial charge in [-0.15, -0.1) is 0 Å². The van der Waals surface area contributed by atoms with Crippen molar-refractivity contribution >= 4 is 5.91 Å². The highest BCUT2D eigenvalue weighted by molar-refractivity contribution is 5.96. The summed E-state index contributed by atoms with van der Waals surface area (Å²) < 4.78 is 6.94. The van der Waals surface area contributed by atoms with Gasteiger partial charge in [0.1, 0.15) is 5.75 Å². The second kappa shape index (κ2) is 5.56. The van der Waals surface area contributed by atoms with Gasteiger partial charge in [-0.05, 0) is 25.1 Å². The SMILES string of the molecule is COc1ccccc1C(=O)NCc1cc(C)n(C)n1. The van der Waals surface area contributed by atoms with Crippen LogP contribution in [0.25, 0.3) is 0 Å². The van der Waals surface area contributed by atoms with E-state index in [1.807, 2.05) is 32.2 Å². The van der Waals surface area contributed by atoms with E-state index in [0.717, 1.165) is 11.4 Å². The minimum absolute atomic E-state index is 0.166. The quantitative estimate of drug-likeness (QED) is 0.908. The molecule has 5 heteroatoms. The molecule has 1 N–H and O–H groups in total. The maximum absolute atomic E-state index is 12.1. The smallest absolute Gasteiger partial charge is 0.255 e. The number of aryl methyl sites for hydroxylation is 2. The predicted molar refractivity (Wildman–Crippen MR) is 72.1 cm³/mol. The molecule has 100 valence electrons. The molecule has 1 heterocycles. The van der Waals surface area contributed by atoms with Crippen LogP contribution in [-0.2, 0) is 13.6 Å². The molecular weight excluding hydrogens is 242 g/mol. The van der Waals surface area contributed by atoms with Gasteiger partial charge in [0.2, 0.25) is 0 Å². The Morgan fingerprint density at radius 3 is 2.79 bits per heavy atom. The molecular formula is C14H17N3O2. The van der Waals surface area contributed by atoms with Crippen molar-refractivity contribution in [2.24, 2.45) is 7.05 Å². The van der Waals surface area contributed by atoms with Crippen LogP contribution in [-0.4, -0.2) is 22.8 Å². The lowest BCUT2D eigenvalue weighted by Gasteiger charge is -2.07. The molecule has 5 nitrogen and oxygen atoms in total. The molecule has 0 spiro atoms. The van der Waals surface area contributed by atoms with Crippen molar-refractivity contribution < 1.29 is 9.53 Å². The number of rotatable bonds is 4. The van der Waals surface area contributed by atoms with Crippen LogP contribution in [0.1, 0.15) is 21.7 Å². The summed E-state index contributed by atoms with van der Waals surface area (Å²) in [6.45, 7) is 2.37. The van der Waals surface area contributed by atoms with Crippen molar-refractivity contribution in [2.75, 3.05) is 7.11 Å². The fourth-order valence-electron chi connectivity index (χ4n) is 1.82. The highest BCUT2D eigenvalue weighted by Crippen LogP contribution is 2.16. The van der Waals surface area contributed by atoms with Gasteiger partial charge in [0, 0.05) is 12.7 Å². The van der Waals surface area contributed by atoms with E-state index in [0.29, 0.717) is 17.9 Å². The number of hydrogen-bond acceptors (Lipinski definition) is 3. The van der Waals surface area contributed by atoms with E-state index in [1.54, 1.807) is 23.9 Å². The minimum Gasteiger partial charge on any atom is -0.496 e. The standard InChI is InChI=1S/C14H17N3O2/c1-10-8-11(16-17(10)2)9-15-14(18)12-6-4-5-7-13(12)19-3/h4-8H,9H2,1-3H3,(H,15,18). The second-order valence-corrected chi connectivity index (χ2v) is 4.28. The molecule has 2 rings (SSSR count). The molecule has 2 aromatic rings. The molecule has 0 unspecified atom stereocenters. The fourth-order valence-corrected chi connectivity index (χ4v) is 1.82. The Bertz CT molecular complexity index is 571. The average molecular weight is 259 g/mol. The molecule has 0 fully saturated rings. The van der Waals surface area contributed by atoms with Gasteiger partial charge in [-0.1, -0.05) is 12.1 Å². The number of amides is 1. The average Bonchev–Trinajstić information content (AvgIpc) is 2.75. The molecule has 0 saturated heterocycles. The Hall–Kier alpha value is -2.30. The van der Waals surface area contributed by atoms with E-state index in [-0.39, 0.29) is 5.91 Å². The summed E-state index contributed by atoms with van der Waals surface area (Å²) in [5, 5.41) is 7.12. The lowest BCUT2D eigenvalue weighted by molar-refractivity contribution is 0.0947. The van der Waals surface area contributed by atoms with Gasteiger partial charge >= 0.3 is 0 Å². The van der Waals surface area contributed by atoms with Gasteiger partial charge in [-0.3, -0.25) is 9.48 Å². The van der Waals surface area contributed by atoms with E-state index < -0.39 is 0 Å². The van der Waals surface area contributed by atoms with Crippen LogP contribution < -0.4 is 10.1 Å². The number of methoxy groups -OCH3 is 1. The molecule has 19 heavy (non-hydrogen) atoms. The van der Waals surface area contributed by atoms with Crippen molar-refractivity contribution in [2.45, 2.75) is 13.5 Å². The zero-order valence-corrected chi connectivity index (χ0v) is 11.3. The Balaban J connectivity index is 2.05. The van der Waals surface area contributed by atoms with E-state index in [9.17, 15) is 4.79 Å². The largest absolute Gasteiger partial charge is 0.496 e. The maximum atomic E-state index is 12.1. The Morgan fingerprint density at radius 1 is 1.42 bits per heavy atom. The monoisotopic (exact) mass is 259 g/mol. The van der Waals surface area contributed by atoms with Gasteiger partial charge < -0.3 is 10.1 Å². The Kier molecular flexibility index (Phi) is 3.85. The van der Waals surface area contributed by atoms with E-state index in [1.165, 1.54) is 0 Å². The zero-order chi connectivity index (χ0) is 13.8. The second-order valence-electron chi connectivity index (χ2n) is 4.28. The molecule has 0 atom stereocenters. The number of para-hydroxylation sites is 1. The number of ether oxygens (including phenoxy) is 1. The number of carbonyl (C=O) groups is 1. The first-order valence-electron chi connectivity index (χ1n) is 6.02. The molecule has 0 saturated carbocycles. The van der Waals surface area contributed by atoms with E-state index in [4.69, 9.17) is 4.74 Å². The van der Waals surface area contributed by atoms with Crippen LogP contribution in [0.4, 0.5) is 0 Å². The van der Waals surface area contributed by atoms with Gasteiger partial charge in [0.25, 0.3) is 5.91 Å². The van der Waals surface area contributed by atoms with Crippen molar-refractivity contribution in [3.8, 4) is 5.75 Å². The van der Waals surface area contributed by atoms with Gasteiger partial charge in [0.15, 0.2) is 0 Å². The first kappa shape index (κ1) is 13.1. The zero-order valence-electron chi connectivity index (χ0n) is 11.3. The third-order valence-electron chi connectivity index (χ3n) is 2.95. The lowest BCUT2D eigenvalue weighted by Crippen LogP contribution is -2.23. The Labute approximate surface area is 112 Å². The highest BCUT2D eigenvalue weighted by Gasteiger charge is 2.11. The first-order valence-corrected chi connectivity index (χ1v) is 6.02. The van der Waals surface area contributed by atoms with Crippen LogP contribution >= 0.6 is 0 Å². The topological polar surface area (TPSA) is 56.1 Å². The van der Waals surface area contributed by atoms with Crippen LogP contribution in [0.2, 0.25) is 0 Å². The Morgan fingerprint density at radius 2 is 2.16 bits per heavy atom. The molecule has 0 aliphatic heterocycles. The molecule has 0 aliphatic rings. The number of hydrogen-bond donors (Lipinski definition) is 1. The van der Waals surface area contributed by atoms with Crippen molar-refractivity contribution in [1.29, 1.82) is 0 Å². The molecule has 1 amide bonds. The molecule has 1 aromatic carbocycles. The number of nitrogens with zero attached hydrogens (tertiary/aromatic N) is 2. The van der Waals surface area contributed by atoms with Crippen LogP contribution in [0.15, 0.2) is 30.3 Å². The molecule has 1 aromatic heterocycles. The van der Waals surface area contributed by atoms with Crippen molar-refractivity contribution in [3.63, 3.8) is 0 Å². The third-order valence-corrected chi connectivity index (χ3v) is 2.95. The maximum Gasteiger partial charge on any atom is 0.255 e. The van der Waals surface area contributed by atoms with E-state index in [2.05, 4.69) is 10.4 Å². The van der Waals surface area contributed by atoms with Gasteiger partial charge in [-0.25, -0.2) is 0 Å². The number of carbonyl (C=O) groups excluding carboxylic acids is 1. The summed E-state index contributed by atoms with van der Waals surface area (Å²) in [4.78, 5) is 12.1. The molecule has 0 radical (unpaired) electrons.